The largest absolute Gasteiger partial charge is 0.416 e. The zero-order chi connectivity index (χ0) is 19.2. The number of hydrogen-bond acceptors (Lipinski definition) is 2. The average Bonchev–Trinajstić information content (AvgIpc) is 3.28. The monoisotopic (exact) mass is 377 g/mol. The molecule has 4 nitrogen and oxygen atoms in total. The molecule has 1 aromatic heterocycles. The molecule has 0 N–H and O–H groups in total. The fraction of sp³-hybridized carbons (Fsp3) is 0.500. The van der Waals surface area contributed by atoms with E-state index in [1.165, 1.54) is 0 Å². The molecule has 7 heteroatoms. The molecule has 0 radical (unpaired) electrons. The Morgan fingerprint density at radius 3 is 2.63 bits per heavy atom. The van der Waals surface area contributed by atoms with Crippen molar-refractivity contribution in [1.29, 1.82) is 0 Å². The third-order valence-electron chi connectivity index (χ3n) is 5.84. The van der Waals surface area contributed by atoms with Crippen LogP contribution in [0, 0.1) is 0 Å². The number of amides is 1. The van der Waals surface area contributed by atoms with Gasteiger partial charge in [0.15, 0.2) is 0 Å². The normalized spacial score (nSPS) is 22.7. The van der Waals surface area contributed by atoms with Crippen molar-refractivity contribution >= 4 is 5.91 Å². The Balaban J connectivity index is 1.46. The van der Waals surface area contributed by atoms with Crippen molar-refractivity contribution in [2.75, 3.05) is 13.1 Å². The van der Waals surface area contributed by atoms with Gasteiger partial charge in [-0.05, 0) is 43.4 Å². The number of alkyl halides is 3. The molecule has 0 bridgehead atoms. The summed E-state index contributed by atoms with van der Waals surface area (Å²) in [6.45, 7) is 1.20. The first kappa shape index (κ1) is 18.1. The van der Waals surface area contributed by atoms with Gasteiger partial charge >= 0.3 is 6.18 Å². The SMILES string of the molecule is Cn1cnc2c1CCCC2C(=O)N1CCC(c2ccc(C(F)(F)F)cc2)C1. The third-order valence-corrected chi connectivity index (χ3v) is 5.84. The molecule has 144 valence electrons. The van der Waals surface area contributed by atoms with E-state index in [-0.39, 0.29) is 17.7 Å². The standard InChI is InChI=1S/C20H22F3N3O/c1-25-12-24-18-16(3-2-4-17(18)25)19(27)26-10-9-14(11-26)13-5-7-15(8-6-13)20(21,22)23/h5-8,12,14,16H,2-4,9-11H2,1H3. The number of benzene rings is 1. The minimum Gasteiger partial charge on any atom is -0.341 e. The van der Waals surface area contributed by atoms with Crippen LogP contribution in [0.2, 0.25) is 0 Å². The number of aromatic nitrogens is 2. The summed E-state index contributed by atoms with van der Waals surface area (Å²) in [4.78, 5) is 19.4. The lowest BCUT2D eigenvalue weighted by Gasteiger charge is -2.26. The summed E-state index contributed by atoms with van der Waals surface area (Å²) in [7, 11) is 1.95. The molecule has 1 aliphatic heterocycles. The van der Waals surface area contributed by atoms with Crippen LogP contribution in [0.25, 0.3) is 0 Å². The predicted octanol–water partition coefficient (Wildman–Crippen LogP) is 3.87. The van der Waals surface area contributed by atoms with E-state index in [1.54, 1.807) is 18.5 Å². The van der Waals surface area contributed by atoms with Gasteiger partial charge in [-0.3, -0.25) is 4.79 Å². The van der Waals surface area contributed by atoms with E-state index in [0.29, 0.717) is 13.1 Å². The molecule has 0 spiro atoms. The highest BCUT2D eigenvalue weighted by Gasteiger charge is 2.36. The van der Waals surface area contributed by atoms with Crippen molar-refractivity contribution < 1.29 is 18.0 Å². The molecule has 2 atom stereocenters. The second kappa shape index (κ2) is 6.69. The number of nitrogens with zero attached hydrogens (tertiary/aromatic N) is 3. The van der Waals surface area contributed by atoms with Crippen molar-refractivity contribution in [2.24, 2.45) is 7.05 Å². The molecular formula is C20H22F3N3O. The molecule has 4 rings (SSSR count). The molecule has 0 saturated carbocycles. The lowest BCUT2D eigenvalue weighted by atomic mass is 9.88. The first-order chi connectivity index (χ1) is 12.8. The van der Waals surface area contributed by atoms with Crippen molar-refractivity contribution in [1.82, 2.24) is 14.5 Å². The Hall–Kier alpha value is -2.31. The van der Waals surface area contributed by atoms with Crippen LogP contribution in [0.15, 0.2) is 30.6 Å². The molecule has 1 aromatic carbocycles. The van der Waals surface area contributed by atoms with Crippen molar-refractivity contribution in [3.8, 4) is 0 Å². The smallest absolute Gasteiger partial charge is 0.341 e. The van der Waals surface area contributed by atoms with Crippen LogP contribution >= 0.6 is 0 Å². The van der Waals surface area contributed by atoms with Gasteiger partial charge in [-0.2, -0.15) is 13.2 Å². The first-order valence-corrected chi connectivity index (χ1v) is 9.30. The number of aryl methyl sites for hydroxylation is 1. The topological polar surface area (TPSA) is 38.1 Å². The Bertz CT molecular complexity index is 841. The van der Waals surface area contributed by atoms with Crippen LogP contribution in [-0.4, -0.2) is 33.4 Å². The molecule has 1 aliphatic carbocycles. The fourth-order valence-corrected chi connectivity index (χ4v) is 4.32. The van der Waals surface area contributed by atoms with Crippen LogP contribution in [0.1, 0.15) is 53.6 Å². The van der Waals surface area contributed by atoms with Gasteiger partial charge in [-0.25, -0.2) is 4.98 Å². The minimum absolute atomic E-state index is 0.0861. The summed E-state index contributed by atoms with van der Waals surface area (Å²) in [5, 5.41) is 0. The number of hydrogen-bond donors (Lipinski definition) is 0. The number of halogens is 3. The Labute approximate surface area is 156 Å². The van der Waals surface area contributed by atoms with E-state index in [1.807, 2.05) is 16.5 Å². The second-order valence-corrected chi connectivity index (χ2v) is 7.52. The quantitative estimate of drug-likeness (QED) is 0.797. The number of fused-ring (bicyclic) bond motifs is 1. The molecule has 2 unspecified atom stereocenters. The van der Waals surface area contributed by atoms with Gasteiger partial charge in [0.2, 0.25) is 5.91 Å². The van der Waals surface area contributed by atoms with Crippen LogP contribution in [0.3, 0.4) is 0 Å². The number of carbonyl (C=O) groups excluding carboxylic acids is 1. The highest BCUT2D eigenvalue weighted by molar-refractivity contribution is 5.84. The highest BCUT2D eigenvalue weighted by atomic mass is 19.4. The fourth-order valence-electron chi connectivity index (χ4n) is 4.32. The summed E-state index contributed by atoms with van der Waals surface area (Å²) < 4.78 is 40.2. The Morgan fingerprint density at radius 1 is 1.19 bits per heavy atom. The van der Waals surface area contributed by atoms with Gasteiger partial charge in [0.25, 0.3) is 0 Å². The number of likely N-dealkylation sites (tertiary alicyclic amines) is 1. The lowest BCUT2D eigenvalue weighted by molar-refractivity contribution is -0.137. The van der Waals surface area contributed by atoms with Gasteiger partial charge in [0.05, 0.1) is 23.5 Å². The molecule has 1 saturated heterocycles. The van der Waals surface area contributed by atoms with Gasteiger partial charge in [-0.15, -0.1) is 0 Å². The zero-order valence-corrected chi connectivity index (χ0v) is 15.2. The maximum atomic E-state index is 13.1. The number of carbonyl (C=O) groups is 1. The summed E-state index contributed by atoms with van der Waals surface area (Å²) in [6, 6.07) is 5.33. The maximum Gasteiger partial charge on any atom is 0.416 e. The Morgan fingerprint density at radius 2 is 1.93 bits per heavy atom. The van der Waals surface area contributed by atoms with Crippen LogP contribution in [0.4, 0.5) is 13.2 Å². The zero-order valence-electron chi connectivity index (χ0n) is 15.2. The van der Waals surface area contributed by atoms with E-state index in [2.05, 4.69) is 4.98 Å². The van der Waals surface area contributed by atoms with E-state index in [9.17, 15) is 18.0 Å². The predicted molar refractivity (Wildman–Crippen MR) is 94.3 cm³/mol. The number of rotatable bonds is 2. The minimum atomic E-state index is -4.32. The van der Waals surface area contributed by atoms with Crippen molar-refractivity contribution in [2.45, 2.75) is 43.7 Å². The summed E-state index contributed by atoms with van der Waals surface area (Å²) >= 11 is 0. The molecule has 2 aromatic rings. The summed E-state index contributed by atoms with van der Waals surface area (Å²) in [5.41, 5.74) is 2.26. The second-order valence-electron chi connectivity index (χ2n) is 7.52. The highest BCUT2D eigenvalue weighted by Crippen LogP contribution is 2.36. The molecule has 1 fully saturated rings. The van der Waals surface area contributed by atoms with Gasteiger partial charge in [0, 0.05) is 31.7 Å². The van der Waals surface area contributed by atoms with Crippen molar-refractivity contribution in [3.05, 3.63) is 53.1 Å². The first-order valence-electron chi connectivity index (χ1n) is 9.30. The molecular weight excluding hydrogens is 355 g/mol. The average molecular weight is 377 g/mol. The lowest BCUT2D eigenvalue weighted by Crippen LogP contribution is -2.35. The van der Waals surface area contributed by atoms with Crippen LogP contribution in [0.5, 0.6) is 0 Å². The molecule has 27 heavy (non-hydrogen) atoms. The van der Waals surface area contributed by atoms with E-state index < -0.39 is 11.7 Å². The van der Waals surface area contributed by atoms with Crippen LogP contribution in [-0.2, 0) is 24.4 Å². The molecule has 2 aliphatic rings. The Kier molecular flexibility index (Phi) is 4.48. The van der Waals surface area contributed by atoms with Crippen LogP contribution < -0.4 is 0 Å². The van der Waals surface area contributed by atoms with Gasteiger partial charge in [-0.1, -0.05) is 12.1 Å². The van der Waals surface area contributed by atoms with E-state index in [4.69, 9.17) is 0 Å². The summed E-state index contributed by atoms with van der Waals surface area (Å²) in [6.07, 6.45) is 0.953. The summed E-state index contributed by atoms with van der Waals surface area (Å²) in [5.74, 6) is -0.00612. The molecule has 2 heterocycles. The van der Waals surface area contributed by atoms with Crippen molar-refractivity contribution in [3.63, 3.8) is 0 Å². The maximum absolute atomic E-state index is 13.1. The molecule has 1 amide bonds. The van der Waals surface area contributed by atoms with Gasteiger partial charge in [0.1, 0.15) is 0 Å². The van der Waals surface area contributed by atoms with Gasteiger partial charge < -0.3 is 9.47 Å². The number of imidazole rings is 1. The third kappa shape index (κ3) is 3.35. The van der Waals surface area contributed by atoms with E-state index >= 15 is 0 Å². The van der Waals surface area contributed by atoms with E-state index in [0.717, 1.165) is 54.8 Å².